The summed E-state index contributed by atoms with van der Waals surface area (Å²) in [5.74, 6) is 0.620. The Kier molecular flexibility index (Phi) is 4.03. The predicted octanol–water partition coefficient (Wildman–Crippen LogP) is 4.44. The van der Waals surface area contributed by atoms with Gasteiger partial charge >= 0.3 is 0 Å². The Morgan fingerprint density at radius 3 is 2.72 bits per heavy atom. The molecular weight excluding hydrogens is 334 g/mol. The fourth-order valence-electron chi connectivity index (χ4n) is 2.56. The minimum Gasteiger partial charge on any atom is -0.448 e. The van der Waals surface area contributed by atoms with Crippen LogP contribution in [0.1, 0.15) is 29.1 Å². The molecule has 0 aliphatic rings. The third-order valence-corrected chi connectivity index (χ3v) is 4.94. The number of carbonyl (C=O) groups excluding carboxylic acids is 1. The number of rotatable bonds is 4. The summed E-state index contributed by atoms with van der Waals surface area (Å²) in [6.45, 7) is 1.92. The highest BCUT2D eigenvalue weighted by atomic mass is 32.1. The van der Waals surface area contributed by atoms with Crippen LogP contribution < -0.4 is 5.32 Å². The maximum absolute atomic E-state index is 12.4. The lowest BCUT2D eigenvalue weighted by Crippen LogP contribution is -2.26. The van der Waals surface area contributed by atoms with Gasteiger partial charge in [0, 0.05) is 12.4 Å². The summed E-state index contributed by atoms with van der Waals surface area (Å²) in [6, 6.07) is 15.0. The monoisotopic (exact) mass is 349 g/mol. The van der Waals surface area contributed by atoms with Crippen molar-refractivity contribution in [2.75, 3.05) is 0 Å². The molecule has 6 heteroatoms. The van der Waals surface area contributed by atoms with Gasteiger partial charge in [0.25, 0.3) is 5.91 Å². The summed E-state index contributed by atoms with van der Waals surface area (Å²) in [5, 5.41) is 3.69. The van der Waals surface area contributed by atoms with Crippen LogP contribution >= 0.6 is 11.3 Å². The van der Waals surface area contributed by atoms with Gasteiger partial charge in [0.2, 0.25) is 0 Å². The zero-order valence-electron chi connectivity index (χ0n) is 13.5. The van der Waals surface area contributed by atoms with E-state index < -0.39 is 0 Å². The first-order valence-electron chi connectivity index (χ1n) is 7.87. The molecule has 0 radical (unpaired) electrons. The van der Waals surface area contributed by atoms with Gasteiger partial charge in [-0.2, -0.15) is 0 Å². The topological polar surface area (TPSA) is 68.0 Å². The van der Waals surface area contributed by atoms with Crippen molar-refractivity contribution in [2.24, 2.45) is 0 Å². The van der Waals surface area contributed by atoms with Gasteiger partial charge in [0.05, 0.1) is 16.3 Å². The first kappa shape index (κ1) is 15.5. The largest absolute Gasteiger partial charge is 0.448 e. The quantitative estimate of drug-likeness (QED) is 0.591. The molecule has 1 N–H and O–H groups in total. The lowest BCUT2D eigenvalue weighted by molar-refractivity contribution is 0.0912. The van der Waals surface area contributed by atoms with Gasteiger partial charge in [-0.3, -0.25) is 9.78 Å². The number of aromatic nitrogens is 2. The Labute approximate surface area is 148 Å². The minimum atomic E-state index is -0.253. The molecule has 4 rings (SSSR count). The molecule has 3 heterocycles. The van der Waals surface area contributed by atoms with Gasteiger partial charge in [-0.1, -0.05) is 12.1 Å². The number of amides is 1. The second-order valence-corrected chi connectivity index (χ2v) is 6.66. The van der Waals surface area contributed by atoms with Gasteiger partial charge in [-0.05, 0) is 48.9 Å². The molecule has 5 nitrogen and oxygen atoms in total. The van der Waals surface area contributed by atoms with Crippen LogP contribution in [-0.2, 0) is 0 Å². The van der Waals surface area contributed by atoms with Crippen molar-refractivity contribution in [1.29, 1.82) is 0 Å². The number of furan rings is 1. The highest BCUT2D eigenvalue weighted by molar-refractivity contribution is 7.21. The zero-order valence-corrected chi connectivity index (χ0v) is 14.3. The second kappa shape index (κ2) is 6.49. The molecule has 0 spiro atoms. The third-order valence-electron chi connectivity index (χ3n) is 3.89. The summed E-state index contributed by atoms with van der Waals surface area (Å²) in [7, 11) is 0. The fraction of sp³-hybridized carbons (Fsp3) is 0.105. The first-order valence-corrected chi connectivity index (χ1v) is 8.69. The molecule has 4 aromatic rings. The number of nitrogens with zero attached hydrogens (tertiary/aromatic N) is 2. The smallest absolute Gasteiger partial charge is 0.287 e. The van der Waals surface area contributed by atoms with Crippen molar-refractivity contribution < 1.29 is 9.21 Å². The standard InChI is InChI=1S/C19H15N3O2S/c1-12(13-8-10-20-11-9-13)21-18(23)15-6-7-16(24-15)19-22-14-4-2-3-5-17(14)25-19/h2-12H,1H3,(H,21,23)/t12-/m1/s1. The number of para-hydroxylation sites is 1. The van der Waals surface area contributed by atoms with E-state index >= 15 is 0 Å². The lowest BCUT2D eigenvalue weighted by Gasteiger charge is -2.12. The normalized spacial score (nSPS) is 12.2. The number of hydrogen-bond donors (Lipinski definition) is 1. The van der Waals surface area contributed by atoms with Gasteiger partial charge in [-0.25, -0.2) is 4.98 Å². The van der Waals surface area contributed by atoms with E-state index in [1.165, 1.54) is 0 Å². The van der Waals surface area contributed by atoms with E-state index in [9.17, 15) is 4.79 Å². The maximum Gasteiger partial charge on any atom is 0.287 e. The van der Waals surface area contributed by atoms with E-state index in [0.29, 0.717) is 5.76 Å². The van der Waals surface area contributed by atoms with Gasteiger partial charge < -0.3 is 9.73 Å². The summed E-state index contributed by atoms with van der Waals surface area (Å²) in [4.78, 5) is 20.9. The molecule has 0 aliphatic carbocycles. The van der Waals surface area contributed by atoms with E-state index in [1.807, 2.05) is 43.3 Å². The van der Waals surface area contributed by atoms with Crippen molar-refractivity contribution >= 4 is 27.5 Å². The number of fused-ring (bicyclic) bond motifs is 1. The van der Waals surface area contributed by atoms with Crippen LogP contribution in [0, 0.1) is 0 Å². The van der Waals surface area contributed by atoms with E-state index in [-0.39, 0.29) is 17.7 Å². The molecule has 0 aliphatic heterocycles. The highest BCUT2D eigenvalue weighted by Gasteiger charge is 2.17. The van der Waals surface area contributed by atoms with Crippen LogP contribution in [0.15, 0.2) is 65.3 Å². The average Bonchev–Trinajstić information content (AvgIpc) is 3.29. The van der Waals surface area contributed by atoms with Crippen LogP contribution in [0.3, 0.4) is 0 Å². The van der Waals surface area contributed by atoms with Crippen molar-refractivity contribution in [3.63, 3.8) is 0 Å². The Morgan fingerprint density at radius 1 is 1.12 bits per heavy atom. The van der Waals surface area contributed by atoms with E-state index in [0.717, 1.165) is 20.8 Å². The summed E-state index contributed by atoms with van der Waals surface area (Å²) >= 11 is 1.54. The fourth-order valence-corrected chi connectivity index (χ4v) is 3.48. The lowest BCUT2D eigenvalue weighted by atomic mass is 10.1. The summed E-state index contributed by atoms with van der Waals surface area (Å²) in [5.41, 5.74) is 1.91. The van der Waals surface area contributed by atoms with Crippen LogP contribution in [-0.4, -0.2) is 15.9 Å². The van der Waals surface area contributed by atoms with Crippen molar-refractivity contribution in [3.8, 4) is 10.8 Å². The maximum atomic E-state index is 12.4. The molecule has 0 saturated heterocycles. The molecule has 25 heavy (non-hydrogen) atoms. The first-order chi connectivity index (χ1) is 12.2. The predicted molar refractivity (Wildman–Crippen MR) is 97.4 cm³/mol. The Hall–Kier alpha value is -2.99. The number of carbonyl (C=O) groups is 1. The van der Waals surface area contributed by atoms with Crippen LogP contribution in [0.5, 0.6) is 0 Å². The average molecular weight is 349 g/mol. The van der Waals surface area contributed by atoms with Crippen LogP contribution in [0.25, 0.3) is 21.0 Å². The third kappa shape index (κ3) is 3.16. The Morgan fingerprint density at radius 2 is 1.92 bits per heavy atom. The number of benzene rings is 1. The number of hydrogen-bond acceptors (Lipinski definition) is 5. The molecule has 124 valence electrons. The molecule has 1 atom stereocenters. The molecule has 0 bridgehead atoms. The van der Waals surface area contributed by atoms with Crippen molar-refractivity contribution in [1.82, 2.24) is 15.3 Å². The van der Waals surface area contributed by atoms with Crippen molar-refractivity contribution in [3.05, 3.63) is 72.2 Å². The molecule has 1 amide bonds. The van der Waals surface area contributed by atoms with Gasteiger partial charge in [0.15, 0.2) is 16.5 Å². The van der Waals surface area contributed by atoms with Gasteiger partial charge in [-0.15, -0.1) is 11.3 Å². The SMILES string of the molecule is C[C@@H](NC(=O)c1ccc(-c2nc3ccccc3s2)o1)c1ccncc1. The summed E-state index contributed by atoms with van der Waals surface area (Å²) < 4.78 is 6.81. The van der Waals surface area contributed by atoms with E-state index in [1.54, 1.807) is 35.9 Å². The highest BCUT2D eigenvalue weighted by Crippen LogP contribution is 2.31. The molecule has 3 aromatic heterocycles. The molecule has 0 unspecified atom stereocenters. The number of thiazole rings is 1. The zero-order chi connectivity index (χ0) is 17.2. The second-order valence-electron chi connectivity index (χ2n) is 5.63. The van der Waals surface area contributed by atoms with Gasteiger partial charge in [0.1, 0.15) is 0 Å². The Bertz CT molecular complexity index is 990. The van der Waals surface area contributed by atoms with E-state index in [4.69, 9.17) is 4.42 Å². The summed E-state index contributed by atoms with van der Waals surface area (Å²) in [6.07, 6.45) is 3.41. The number of nitrogens with one attached hydrogen (secondary N) is 1. The minimum absolute atomic E-state index is 0.133. The van der Waals surface area contributed by atoms with Crippen molar-refractivity contribution in [2.45, 2.75) is 13.0 Å². The molecule has 1 aromatic carbocycles. The van der Waals surface area contributed by atoms with Crippen LogP contribution in [0.2, 0.25) is 0 Å². The Balaban J connectivity index is 1.53. The molecular formula is C19H15N3O2S. The van der Waals surface area contributed by atoms with E-state index in [2.05, 4.69) is 15.3 Å². The number of pyridine rings is 1. The molecule has 0 saturated carbocycles. The van der Waals surface area contributed by atoms with Crippen LogP contribution in [0.4, 0.5) is 0 Å². The molecule has 0 fully saturated rings.